The summed E-state index contributed by atoms with van der Waals surface area (Å²) in [5, 5.41) is 6.69. The standard InChI is InChI=1S/C23H31N3O3S.HI/c1-17(19-9-8-18-6-4-5-7-20(18)16-19)26-23(24-2)25-14-15-29-21-10-12-22(13-11-21)30(3,27)28;/h8-13,16-17H,4-7,14-15H2,1-3H3,(H2,24,25,26);1H. The molecule has 1 unspecified atom stereocenters. The van der Waals surface area contributed by atoms with Crippen LogP contribution < -0.4 is 15.4 Å². The van der Waals surface area contributed by atoms with Crippen LogP contribution in [0.25, 0.3) is 0 Å². The molecule has 0 fully saturated rings. The molecule has 170 valence electrons. The van der Waals surface area contributed by atoms with E-state index in [2.05, 4.69) is 40.7 Å². The summed E-state index contributed by atoms with van der Waals surface area (Å²) < 4.78 is 28.7. The Balaban J connectivity index is 0.00000341. The van der Waals surface area contributed by atoms with Gasteiger partial charge in [-0.05, 0) is 73.6 Å². The van der Waals surface area contributed by atoms with Crippen LogP contribution in [0.2, 0.25) is 0 Å². The first-order valence-electron chi connectivity index (χ1n) is 10.4. The highest BCUT2D eigenvalue weighted by molar-refractivity contribution is 14.0. The second kappa shape index (κ2) is 11.7. The van der Waals surface area contributed by atoms with Gasteiger partial charge in [0, 0.05) is 13.3 Å². The minimum Gasteiger partial charge on any atom is -0.492 e. The van der Waals surface area contributed by atoms with Gasteiger partial charge in [-0.15, -0.1) is 24.0 Å². The van der Waals surface area contributed by atoms with E-state index >= 15 is 0 Å². The number of aryl methyl sites for hydroxylation is 2. The molecule has 0 saturated carbocycles. The lowest BCUT2D eigenvalue weighted by Crippen LogP contribution is -2.40. The molecule has 2 N–H and O–H groups in total. The van der Waals surface area contributed by atoms with Crippen molar-refractivity contribution >= 4 is 39.8 Å². The minimum absolute atomic E-state index is 0. The smallest absolute Gasteiger partial charge is 0.191 e. The van der Waals surface area contributed by atoms with E-state index in [0.29, 0.717) is 18.9 Å². The lowest BCUT2D eigenvalue weighted by Gasteiger charge is -2.21. The van der Waals surface area contributed by atoms with Gasteiger partial charge < -0.3 is 15.4 Å². The summed E-state index contributed by atoms with van der Waals surface area (Å²) in [5.74, 6) is 1.35. The van der Waals surface area contributed by atoms with Gasteiger partial charge in [0.25, 0.3) is 0 Å². The lowest BCUT2D eigenvalue weighted by molar-refractivity contribution is 0.321. The summed E-state index contributed by atoms with van der Waals surface area (Å²) >= 11 is 0. The van der Waals surface area contributed by atoms with Gasteiger partial charge in [0.05, 0.1) is 17.5 Å². The fourth-order valence-corrected chi connectivity index (χ4v) is 4.26. The molecule has 0 bridgehead atoms. The van der Waals surface area contributed by atoms with Gasteiger partial charge in [-0.1, -0.05) is 18.2 Å². The number of nitrogens with one attached hydrogen (secondary N) is 2. The summed E-state index contributed by atoms with van der Waals surface area (Å²) in [5.41, 5.74) is 4.23. The molecule has 1 atom stereocenters. The molecule has 0 aromatic heterocycles. The topological polar surface area (TPSA) is 79.8 Å². The number of hydrogen-bond acceptors (Lipinski definition) is 4. The maximum atomic E-state index is 11.5. The zero-order valence-electron chi connectivity index (χ0n) is 18.3. The summed E-state index contributed by atoms with van der Waals surface area (Å²) in [7, 11) is -1.44. The van der Waals surface area contributed by atoms with Gasteiger partial charge in [-0.25, -0.2) is 8.42 Å². The highest BCUT2D eigenvalue weighted by Gasteiger charge is 2.13. The van der Waals surface area contributed by atoms with Gasteiger partial charge in [0.1, 0.15) is 12.4 Å². The van der Waals surface area contributed by atoms with Crippen molar-refractivity contribution < 1.29 is 13.2 Å². The van der Waals surface area contributed by atoms with Crippen molar-refractivity contribution in [1.29, 1.82) is 0 Å². The molecule has 0 aliphatic heterocycles. The van der Waals surface area contributed by atoms with E-state index in [1.165, 1.54) is 48.6 Å². The Morgan fingerprint density at radius 3 is 2.42 bits per heavy atom. The predicted octanol–water partition coefficient (Wildman–Crippen LogP) is 3.89. The first-order chi connectivity index (χ1) is 14.4. The van der Waals surface area contributed by atoms with Crippen LogP contribution in [0.4, 0.5) is 0 Å². The van der Waals surface area contributed by atoms with Crippen molar-refractivity contribution in [1.82, 2.24) is 10.6 Å². The number of guanidine groups is 1. The third-order valence-corrected chi connectivity index (χ3v) is 6.49. The van der Waals surface area contributed by atoms with E-state index in [1.54, 1.807) is 31.3 Å². The number of aliphatic imine (C=N–C) groups is 1. The Morgan fingerprint density at radius 1 is 1.10 bits per heavy atom. The number of ether oxygens (including phenoxy) is 1. The fourth-order valence-electron chi connectivity index (χ4n) is 3.63. The maximum Gasteiger partial charge on any atom is 0.191 e. The van der Waals surface area contributed by atoms with Gasteiger partial charge in [0.15, 0.2) is 15.8 Å². The van der Waals surface area contributed by atoms with Crippen molar-refractivity contribution in [3.05, 3.63) is 59.2 Å². The normalized spacial score (nSPS) is 14.7. The van der Waals surface area contributed by atoms with E-state index in [-0.39, 0.29) is 34.9 Å². The Morgan fingerprint density at radius 2 is 1.77 bits per heavy atom. The van der Waals surface area contributed by atoms with E-state index in [1.807, 2.05) is 0 Å². The summed E-state index contributed by atoms with van der Waals surface area (Å²) in [6.07, 6.45) is 6.12. The molecule has 31 heavy (non-hydrogen) atoms. The molecular formula is C23H32IN3O3S. The molecule has 0 amide bonds. The first-order valence-corrected chi connectivity index (χ1v) is 12.3. The van der Waals surface area contributed by atoms with Crippen molar-refractivity contribution in [3.8, 4) is 5.75 Å². The van der Waals surface area contributed by atoms with Gasteiger partial charge >= 0.3 is 0 Å². The van der Waals surface area contributed by atoms with Crippen molar-refractivity contribution in [3.63, 3.8) is 0 Å². The van der Waals surface area contributed by atoms with Crippen LogP contribution in [0, 0.1) is 0 Å². The average Bonchev–Trinajstić information content (AvgIpc) is 2.75. The molecule has 0 spiro atoms. The van der Waals surface area contributed by atoms with Crippen molar-refractivity contribution in [2.75, 3.05) is 26.5 Å². The van der Waals surface area contributed by atoms with Crippen molar-refractivity contribution in [2.24, 2.45) is 4.99 Å². The van der Waals surface area contributed by atoms with Crippen LogP contribution in [0.5, 0.6) is 5.75 Å². The first kappa shape index (κ1) is 25.5. The van der Waals surface area contributed by atoms with Crippen LogP contribution >= 0.6 is 24.0 Å². The Bertz CT molecular complexity index is 992. The Kier molecular flexibility index (Phi) is 9.61. The molecule has 0 heterocycles. The number of rotatable bonds is 7. The van der Waals surface area contributed by atoms with Gasteiger partial charge in [-0.3, -0.25) is 4.99 Å². The summed E-state index contributed by atoms with van der Waals surface area (Å²) in [4.78, 5) is 4.58. The number of sulfone groups is 1. The number of hydrogen-bond donors (Lipinski definition) is 2. The minimum atomic E-state index is -3.19. The predicted molar refractivity (Wildman–Crippen MR) is 136 cm³/mol. The van der Waals surface area contributed by atoms with Gasteiger partial charge in [0.2, 0.25) is 0 Å². The number of nitrogens with zero attached hydrogens (tertiary/aromatic N) is 1. The van der Waals surface area contributed by atoms with Gasteiger partial charge in [-0.2, -0.15) is 0 Å². The molecule has 0 saturated heterocycles. The van der Waals surface area contributed by atoms with Crippen LogP contribution in [0.15, 0.2) is 52.4 Å². The molecule has 2 aromatic carbocycles. The number of fused-ring (bicyclic) bond motifs is 1. The third kappa shape index (κ3) is 7.38. The second-order valence-electron chi connectivity index (χ2n) is 7.69. The van der Waals surface area contributed by atoms with E-state index in [9.17, 15) is 8.42 Å². The Hall–Kier alpha value is -1.81. The molecule has 3 rings (SSSR count). The monoisotopic (exact) mass is 557 g/mol. The van der Waals surface area contributed by atoms with Crippen LogP contribution in [-0.4, -0.2) is 40.8 Å². The second-order valence-corrected chi connectivity index (χ2v) is 9.71. The Labute approximate surface area is 202 Å². The molecule has 6 nitrogen and oxygen atoms in total. The van der Waals surface area contributed by atoms with Crippen LogP contribution in [0.3, 0.4) is 0 Å². The maximum absolute atomic E-state index is 11.5. The van der Waals surface area contributed by atoms with Crippen LogP contribution in [0.1, 0.15) is 42.5 Å². The van der Waals surface area contributed by atoms with E-state index in [0.717, 1.165) is 5.96 Å². The average molecular weight is 557 g/mol. The third-order valence-electron chi connectivity index (χ3n) is 5.36. The summed E-state index contributed by atoms with van der Waals surface area (Å²) in [6.45, 7) is 3.15. The molecule has 1 aliphatic carbocycles. The molecular weight excluding hydrogens is 525 g/mol. The zero-order valence-corrected chi connectivity index (χ0v) is 21.5. The molecule has 8 heteroatoms. The largest absolute Gasteiger partial charge is 0.492 e. The number of halogens is 1. The molecule has 0 radical (unpaired) electrons. The van der Waals surface area contributed by atoms with E-state index in [4.69, 9.17) is 4.74 Å². The lowest BCUT2D eigenvalue weighted by atomic mass is 9.89. The summed E-state index contributed by atoms with van der Waals surface area (Å²) in [6, 6.07) is 13.4. The SMILES string of the molecule is CN=C(NCCOc1ccc(S(C)(=O)=O)cc1)NC(C)c1ccc2c(c1)CCCC2.I. The highest BCUT2D eigenvalue weighted by atomic mass is 127. The zero-order chi connectivity index (χ0) is 21.6. The quantitative estimate of drug-likeness (QED) is 0.234. The van der Waals surface area contributed by atoms with Crippen LogP contribution in [-0.2, 0) is 22.7 Å². The highest BCUT2D eigenvalue weighted by Crippen LogP contribution is 2.24. The fraction of sp³-hybridized carbons (Fsp3) is 0.435. The number of benzene rings is 2. The molecule has 1 aliphatic rings. The van der Waals surface area contributed by atoms with Crippen molar-refractivity contribution in [2.45, 2.75) is 43.5 Å². The van der Waals surface area contributed by atoms with E-state index < -0.39 is 9.84 Å². The molecule has 2 aromatic rings.